The number of esters is 2. The first-order valence-corrected chi connectivity index (χ1v) is 19.4. The van der Waals surface area contributed by atoms with E-state index in [4.69, 9.17) is 14.2 Å². The monoisotopic (exact) mass is 804 g/mol. The lowest BCUT2D eigenvalue weighted by molar-refractivity contribution is -0.164. The van der Waals surface area contributed by atoms with E-state index in [1.54, 1.807) is 83.3 Å². The van der Waals surface area contributed by atoms with Crippen LogP contribution in [0.25, 0.3) is 0 Å². The molecule has 0 bridgehead atoms. The molecular formula is C44H60N4O10. The van der Waals surface area contributed by atoms with Gasteiger partial charge in [0, 0.05) is 32.9 Å². The molecule has 0 aliphatic carbocycles. The van der Waals surface area contributed by atoms with E-state index in [2.05, 4.69) is 5.32 Å². The molecule has 0 saturated carbocycles. The fraction of sp³-hybridized carbons (Fsp3) is 0.477. The van der Waals surface area contributed by atoms with Crippen molar-refractivity contribution in [2.45, 2.75) is 83.6 Å². The summed E-state index contributed by atoms with van der Waals surface area (Å²) >= 11 is 0. The number of nitrogens with zero attached hydrogens (tertiary/aromatic N) is 3. The highest BCUT2D eigenvalue weighted by molar-refractivity contribution is 5.95. The van der Waals surface area contributed by atoms with E-state index >= 15 is 0 Å². The summed E-state index contributed by atoms with van der Waals surface area (Å²) in [5.74, 6) is -3.22. The Morgan fingerprint density at radius 1 is 0.638 bits per heavy atom. The van der Waals surface area contributed by atoms with Crippen LogP contribution in [0.4, 0.5) is 0 Å². The number of nitrogens with one attached hydrogen (secondary N) is 1. The predicted octanol–water partition coefficient (Wildman–Crippen LogP) is 3.99. The van der Waals surface area contributed by atoms with Crippen LogP contribution in [0.1, 0.15) is 50.8 Å². The molecular weight excluding hydrogens is 745 g/mol. The Labute approximate surface area is 342 Å². The second-order valence-corrected chi connectivity index (χ2v) is 15.2. The molecule has 3 rings (SSSR count). The van der Waals surface area contributed by atoms with Crippen molar-refractivity contribution in [3.63, 3.8) is 0 Å². The fourth-order valence-electron chi connectivity index (χ4n) is 6.43. The molecule has 14 nitrogen and oxygen atoms in total. The Morgan fingerprint density at radius 3 is 1.52 bits per heavy atom. The number of likely N-dealkylation sites (N-methyl/N-ethyl adjacent to an activating group) is 3. The van der Waals surface area contributed by atoms with Gasteiger partial charge in [-0.15, -0.1) is 0 Å². The summed E-state index contributed by atoms with van der Waals surface area (Å²) in [5.41, 5.74) is 2.15. The zero-order valence-corrected chi connectivity index (χ0v) is 35.3. The lowest BCUT2D eigenvalue weighted by atomic mass is 9.96. The van der Waals surface area contributed by atoms with E-state index in [0.717, 1.165) is 5.56 Å². The molecule has 58 heavy (non-hydrogen) atoms. The second-order valence-electron chi connectivity index (χ2n) is 15.2. The van der Waals surface area contributed by atoms with Gasteiger partial charge in [-0.3, -0.25) is 24.1 Å². The summed E-state index contributed by atoms with van der Waals surface area (Å²) < 4.78 is 16.3. The van der Waals surface area contributed by atoms with Gasteiger partial charge in [-0.1, -0.05) is 64.1 Å². The van der Waals surface area contributed by atoms with Gasteiger partial charge in [0.25, 0.3) is 5.91 Å². The Morgan fingerprint density at radius 2 is 1.09 bits per heavy atom. The first-order valence-electron chi connectivity index (χ1n) is 19.4. The number of benzene rings is 3. The quantitative estimate of drug-likeness (QED) is 0.141. The summed E-state index contributed by atoms with van der Waals surface area (Å²) in [7, 11) is 9.21. The van der Waals surface area contributed by atoms with Gasteiger partial charge >= 0.3 is 11.9 Å². The van der Waals surface area contributed by atoms with Crippen molar-refractivity contribution in [1.29, 1.82) is 0 Å². The highest BCUT2D eigenvalue weighted by atomic mass is 16.6. The maximum Gasteiger partial charge on any atom is 0.328 e. The molecule has 0 aliphatic heterocycles. The van der Waals surface area contributed by atoms with Crippen LogP contribution in [0.3, 0.4) is 0 Å². The van der Waals surface area contributed by atoms with Crippen molar-refractivity contribution in [2.24, 2.45) is 11.8 Å². The van der Waals surface area contributed by atoms with Gasteiger partial charge in [-0.05, 0) is 85.9 Å². The molecule has 3 aromatic carbocycles. The molecule has 3 N–H and O–H groups in total. The summed E-state index contributed by atoms with van der Waals surface area (Å²) in [4.78, 5) is 74.2. The number of hydrogen-bond acceptors (Lipinski definition) is 11. The van der Waals surface area contributed by atoms with Gasteiger partial charge in [0.2, 0.25) is 11.8 Å². The molecule has 316 valence electrons. The van der Waals surface area contributed by atoms with Crippen LogP contribution >= 0.6 is 0 Å². The van der Waals surface area contributed by atoms with Gasteiger partial charge in [0.1, 0.15) is 41.4 Å². The minimum absolute atomic E-state index is 0.00475. The first-order chi connectivity index (χ1) is 27.4. The molecule has 14 heteroatoms. The Balaban J connectivity index is 1.92. The number of phenols is 2. The van der Waals surface area contributed by atoms with Crippen molar-refractivity contribution in [2.75, 3.05) is 42.4 Å². The number of carbonyl (C=O) groups is 5. The van der Waals surface area contributed by atoms with E-state index in [0.29, 0.717) is 29.7 Å². The number of methoxy groups -OCH3 is 2. The van der Waals surface area contributed by atoms with Crippen LogP contribution in [-0.4, -0.2) is 127 Å². The van der Waals surface area contributed by atoms with E-state index in [9.17, 15) is 34.2 Å². The van der Waals surface area contributed by atoms with E-state index in [-0.39, 0.29) is 24.3 Å². The Bertz CT molecular complexity index is 1820. The Kier molecular flexibility index (Phi) is 17.5. The van der Waals surface area contributed by atoms with Crippen molar-refractivity contribution in [3.05, 3.63) is 89.5 Å². The molecule has 0 heterocycles. The van der Waals surface area contributed by atoms with Crippen LogP contribution in [0.5, 0.6) is 17.2 Å². The van der Waals surface area contributed by atoms with Crippen LogP contribution in [0.15, 0.2) is 72.8 Å². The zero-order valence-electron chi connectivity index (χ0n) is 35.3. The molecule has 3 aromatic rings. The first kappa shape index (κ1) is 46.8. The average Bonchev–Trinajstić information content (AvgIpc) is 3.21. The van der Waals surface area contributed by atoms with Crippen molar-refractivity contribution in [3.8, 4) is 17.2 Å². The van der Waals surface area contributed by atoms with Crippen molar-refractivity contribution < 1.29 is 48.4 Å². The third-order valence-corrected chi connectivity index (χ3v) is 10.5. The predicted molar refractivity (Wildman–Crippen MR) is 219 cm³/mol. The zero-order chi connectivity index (χ0) is 43.3. The minimum atomic E-state index is -1.23. The number of aromatic hydroxyl groups is 2. The van der Waals surface area contributed by atoms with E-state index in [1.807, 2.05) is 19.1 Å². The summed E-state index contributed by atoms with van der Waals surface area (Å²) in [6.45, 7) is 7.18. The summed E-state index contributed by atoms with van der Waals surface area (Å²) in [5, 5.41) is 22.6. The third kappa shape index (κ3) is 12.7. The van der Waals surface area contributed by atoms with Crippen molar-refractivity contribution in [1.82, 2.24) is 20.0 Å². The molecule has 0 fully saturated rings. The molecule has 0 unspecified atom stereocenters. The lowest BCUT2D eigenvalue weighted by Crippen LogP contribution is -2.59. The molecule has 0 aromatic heterocycles. The van der Waals surface area contributed by atoms with Gasteiger partial charge in [-0.2, -0.15) is 0 Å². The topological polar surface area (TPSA) is 175 Å². The number of ether oxygens (including phenoxy) is 3. The lowest BCUT2D eigenvalue weighted by Gasteiger charge is -2.36. The van der Waals surface area contributed by atoms with Crippen LogP contribution in [-0.2, 0) is 52.7 Å². The minimum Gasteiger partial charge on any atom is -0.508 e. The molecule has 0 spiro atoms. The fourth-order valence-corrected chi connectivity index (χ4v) is 6.43. The van der Waals surface area contributed by atoms with Gasteiger partial charge in [-0.25, -0.2) is 4.79 Å². The van der Waals surface area contributed by atoms with E-state index in [1.165, 1.54) is 55.3 Å². The maximum absolute atomic E-state index is 14.5. The number of hydrogen-bond donors (Lipinski definition) is 3. The van der Waals surface area contributed by atoms with Gasteiger partial charge < -0.3 is 39.5 Å². The number of phenolic OH excluding ortho intramolecular Hbond substituents is 2. The van der Waals surface area contributed by atoms with Crippen LogP contribution in [0.2, 0.25) is 0 Å². The van der Waals surface area contributed by atoms with Crippen LogP contribution in [0, 0.1) is 11.8 Å². The molecule has 0 aliphatic rings. The molecule has 3 amide bonds. The molecule has 0 saturated heterocycles. The highest BCUT2D eigenvalue weighted by Gasteiger charge is 2.40. The average molecular weight is 805 g/mol. The van der Waals surface area contributed by atoms with Gasteiger partial charge in [0.05, 0.1) is 14.2 Å². The largest absolute Gasteiger partial charge is 0.508 e. The normalized spacial score (nSPS) is 14.3. The summed E-state index contributed by atoms with van der Waals surface area (Å²) in [6.07, 6.45) is -0.341. The highest BCUT2D eigenvalue weighted by Crippen LogP contribution is 2.22. The van der Waals surface area contributed by atoms with Crippen molar-refractivity contribution >= 4 is 29.7 Å². The van der Waals surface area contributed by atoms with Crippen LogP contribution < -0.4 is 10.1 Å². The smallest absolute Gasteiger partial charge is 0.328 e. The molecule has 0 radical (unpaired) electrons. The summed E-state index contributed by atoms with van der Waals surface area (Å²) in [6, 6.07) is 15.6. The standard InChI is InChI=1S/C44H60N4O10/c1-11-28(4)39(58-44(55)36(46(5)6)25-31-16-22-34(56-9)23-17-31)40(51)45-38(27(2)3)42(53)47(7)35(24-29-12-18-32(49)19-13-29)41(52)48(8)37(43(54)57-10)26-30-14-20-33(50)21-15-30/h12-23,27-28,35-39,49-50H,11,24-26H2,1-10H3,(H,45,51)/t28-,35-,36-,37-,38+,39-/m0/s1. The second kappa shape index (κ2) is 21.8. The number of rotatable bonds is 20. The SMILES string of the molecule is CC[C@H](C)[C@H](OC(=O)[C@H](Cc1ccc(OC)cc1)N(C)C)C(=O)N[C@@H](C(=O)N(C)[C@@H](Cc1ccc(O)cc1)C(=O)N(C)[C@@H](Cc1ccc(O)cc1)C(=O)OC)C(C)C. The third-order valence-electron chi connectivity index (χ3n) is 10.5. The maximum atomic E-state index is 14.5. The van der Waals surface area contributed by atoms with Gasteiger partial charge in [0.15, 0.2) is 6.10 Å². The molecule has 6 atom stereocenters. The number of amides is 3. The van der Waals surface area contributed by atoms with E-state index < -0.39 is 71.8 Å². The number of carbonyl (C=O) groups excluding carboxylic acids is 5. The Hall–Kier alpha value is -5.63.